The fourth-order valence-corrected chi connectivity index (χ4v) is 3.63. The maximum Gasteiger partial charge on any atom is 0.416 e. The predicted octanol–water partition coefficient (Wildman–Crippen LogP) is 5.69. The Morgan fingerprint density at radius 2 is 1.75 bits per heavy atom. The molecule has 1 heterocycles. The van der Waals surface area contributed by atoms with Gasteiger partial charge in [0, 0.05) is 16.5 Å². The van der Waals surface area contributed by atoms with Gasteiger partial charge < -0.3 is 10.4 Å². The van der Waals surface area contributed by atoms with Crippen LogP contribution in [0.5, 0.6) is 0 Å². The highest BCUT2D eigenvalue weighted by Gasteiger charge is 2.30. The van der Waals surface area contributed by atoms with Crippen LogP contribution >= 0.6 is 11.3 Å². The molecule has 0 saturated carbocycles. The van der Waals surface area contributed by atoms with Gasteiger partial charge in [0.2, 0.25) is 0 Å². The first kappa shape index (κ1) is 19.6. The number of alkyl halides is 3. The fourth-order valence-electron chi connectivity index (χ4n) is 2.68. The molecule has 0 spiro atoms. The molecule has 3 rings (SSSR count). The van der Waals surface area contributed by atoms with E-state index in [0.29, 0.717) is 11.1 Å². The van der Waals surface area contributed by atoms with Gasteiger partial charge in [-0.05, 0) is 36.8 Å². The molecule has 1 amide bonds. The zero-order valence-corrected chi connectivity index (χ0v) is 15.3. The minimum absolute atomic E-state index is 0.119. The molecule has 0 bridgehead atoms. The topological polar surface area (TPSA) is 66.4 Å². The summed E-state index contributed by atoms with van der Waals surface area (Å²) < 4.78 is 38.2. The number of carbonyl (C=O) groups is 2. The third-order valence-electron chi connectivity index (χ3n) is 4.04. The van der Waals surface area contributed by atoms with E-state index < -0.39 is 23.6 Å². The van der Waals surface area contributed by atoms with E-state index in [-0.39, 0.29) is 16.1 Å². The highest BCUT2D eigenvalue weighted by Crippen LogP contribution is 2.37. The van der Waals surface area contributed by atoms with Gasteiger partial charge in [-0.3, -0.25) is 4.79 Å². The van der Waals surface area contributed by atoms with Crippen LogP contribution in [0.1, 0.15) is 31.8 Å². The van der Waals surface area contributed by atoms with Crippen LogP contribution in [0.2, 0.25) is 0 Å². The Balaban J connectivity index is 1.94. The number of carbonyl (C=O) groups excluding carboxylic acids is 1. The molecule has 144 valence electrons. The molecule has 0 atom stereocenters. The zero-order chi connectivity index (χ0) is 20.5. The minimum Gasteiger partial charge on any atom is -0.478 e. The van der Waals surface area contributed by atoms with E-state index >= 15 is 0 Å². The number of benzene rings is 2. The molecule has 0 aliphatic rings. The molecule has 1 aromatic heterocycles. The first-order valence-corrected chi connectivity index (χ1v) is 8.95. The average Bonchev–Trinajstić information content (AvgIpc) is 3.05. The molecule has 0 fully saturated rings. The maximum absolute atomic E-state index is 12.7. The molecular weight excluding hydrogens is 391 g/mol. The summed E-state index contributed by atoms with van der Waals surface area (Å²) in [6.07, 6.45) is -4.48. The van der Waals surface area contributed by atoms with E-state index in [1.165, 1.54) is 17.5 Å². The quantitative estimate of drug-likeness (QED) is 0.586. The van der Waals surface area contributed by atoms with E-state index in [0.717, 1.165) is 29.0 Å². The lowest BCUT2D eigenvalue weighted by molar-refractivity contribution is -0.137. The Labute approximate surface area is 162 Å². The number of halogens is 3. The first-order valence-electron chi connectivity index (χ1n) is 8.07. The largest absolute Gasteiger partial charge is 0.478 e. The number of aryl methyl sites for hydroxylation is 1. The third-order valence-corrected chi connectivity index (χ3v) is 4.93. The Morgan fingerprint density at radius 1 is 1.07 bits per heavy atom. The van der Waals surface area contributed by atoms with Gasteiger partial charge in [-0.2, -0.15) is 13.2 Å². The van der Waals surface area contributed by atoms with Crippen molar-refractivity contribution in [3.63, 3.8) is 0 Å². The van der Waals surface area contributed by atoms with Crippen molar-refractivity contribution in [2.24, 2.45) is 0 Å². The number of carboxylic acids is 1. The number of aromatic carboxylic acids is 1. The lowest BCUT2D eigenvalue weighted by Crippen LogP contribution is -2.13. The second-order valence-electron chi connectivity index (χ2n) is 6.06. The summed E-state index contributed by atoms with van der Waals surface area (Å²) in [5, 5.41) is 13.8. The van der Waals surface area contributed by atoms with Crippen molar-refractivity contribution >= 4 is 28.2 Å². The van der Waals surface area contributed by atoms with Crippen molar-refractivity contribution in [2.75, 3.05) is 5.32 Å². The number of rotatable bonds is 4. The predicted molar refractivity (Wildman–Crippen MR) is 101 cm³/mol. The average molecular weight is 405 g/mol. The summed E-state index contributed by atoms with van der Waals surface area (Å²) in [5.41, 5.74) is 0.828. The van der Waals surface area contributed by atoms with Gasteiger partial charge in [-0.1, -0.05) is 29.8 Å². The Bertz CT molecular complexity index is 1040. The van der Waals surface area contributed by atoms with E-state index in [1.807, 2.05) is 13.0 Å². The summed E-state index contributed by atoms with van der Waals surface area (Å²) in [7, 11) is 0. The summed E-state index contributed by atoms with van der Waals surface area (Å²) in [6, 6.07) is 11.0. The van der Waals surface area contributed by atoms with Gasteiger partial charge in [0.15, 0.2) is 0 Å². The highest BCUT2D eigenvalue weighted by atomic mass is 32.1. The van der Waals surface area contributed by atoms with Crippen molar-refractivity contribution in [3.8, 4) is 11.1 Å². The van der Waals surface area contributed by atoms with Crippen molar-refractivity contribution in [1.82, 2.24) is 0 Å². The number of hydrogen-bond donors (Lipinski definition) is 2. The summed E-state index contributed by atoms with van der Waals surface area (Å²) in [5.74, 6) is -1.75. The first-order chi connectivity index (χ1) is 13.2. The normalized spacial score (nSPS) is 11.3. The highest BCUT2D eigenvalue weighted by molar-refractivity contribution is 7.15. The minimum atomic E-state index is -4.48. The van der Waals surface area contributed by atoms with Crippen LogP contribution in [0.4, 0.5) is 18.2 Å². The Morgan fingerprint density at radius 3 is 2.32 bits per heavy atom. The SMILES string of the molecule is Cc1cccc(C(=O)Nc2scc(-c3ccc(C(F)(F)F)cc3)c2C(=O)O)c1. The molecule has 0 aliphatic carbocycles. The van der Waals surface area contributed by atoms with Gasteiger partial charge in [-0.25, -0.2) is 4.79 Å². The number of amides is 1. The maximum atomic E-state index is 12.7. The second kappa shape index (κ2) is 7.47. The van der Waals surface area contributed by atoms with Crippen LogP contribution in [-0.4, -0.2) is 17.0 Å². The Kier molecular flexibility index (Phi) is 5.24. The lowest BCUT2D eigenvalue weighted by atomic mass is 10.0. The fraction of sp³-hybridized carbons (Fsp3) is 0.100. The molecule has 28 heavy (non-hydrogen) atoms. The molecule has 2 aromatic carbocycles. The molecule has 0 saturated heterocycles. The van der Waals surface area contributed by atoms with E-state index in [9.17, 15) is 27.9 Å². The zero-order valence-electron chi connectivity index (χ0n) is 14.5. The lowest BCUT2D eigenvalue weighted by Gasteiger charge is -2.09. The van der Waals surface area contributed by atoms with Gasteiger partial charge in [0.05, 0.1) is 5.56 Å². The van der Waals surface area contributed by atoms with Gasteiger partial charge in [0.1, 0.15) is 10.6 Å². The van der Waals surface area contributed by atoms with E-state index in [4.69, 9.17) is 0 Å². The van der Waals surface area contributed by atoms with Crippen LogP contribution in [0.3, 0.4) is 0 Å². The summed E-state index contributed by atoms with van der Waals surface area (Å²) in [6.45, 7) is 1.83. The van der Waals surface area contributed by atoms with Crippen molar-refractivity contribution in [2.45, 2.75) is 13.1 Å². The van der Waals surface area contributed by atoms with Crippen LogP contribution < -0.4 is 5.32 Å². The van der Waals surface area contributed by atoms with E-state index in [2.05, 4.69) is 5.32 Å². The van der Waals surface area contributed by atoms with Gasteiger partial charge in [-0.15, -0.1) is 11.3 Å². The number of hydrogen-bond acceptors (Lipinski definition) is 3. The molecule has 0 unspecified atom stereocenters. The molecule has 0 aliphatic heterocycles. The van der Waals surface area contributed by atoms with Crippen LogP contribution in [0.25, 0.3) is 11.1 Å². The van der Waals surface area contributed by atoms with Crippen LogP contribution in [0.15, 0.2) is 53.9 Å². The molecular formula is C20H14F3NO3S. The van der Waals surface area contributed by atoms with Crippen molar-refractivity contribution < 1.29 is 27.9 Å². The van der Waals surface area contributed by atoms with E-state index in [1.54, 1.807) is 18.2 Å². The smallest absolute Gasteiger partial charge is 0.416 e. The summed E-state index contributed by atoms with van der Waals surface area (Å²) in [4.78, 5) is 24.2. The van der Waals surface area contributed by atoms with Gasteiger partial charge >= 0.3 is 12.1 Å². The molecule has 8 heteroatoms. The number of carboxylic acid groups (broad SMARTS) is 1. The number of anilines is 1. The monoisotopic (exact) mass is 405 g/mol. The molecule has 2 N–H and O–H groups in total. The molecule has 3 aromatic rings. The molecule has 0 radical (unpaired) electrons. The number of nitrogens with one attached hydrogen (secondary N) is 1. The third kappa shape index (κ3) is 4.07. The summed E-state index contributed by atoms with van der Waals surface area (Å²) >= 11 is 1.00. The van der Waals surface area contributed by atoms with Crippen molar-refractivity contribution in [1.29, 1.82) is 0 Å². The van der Waals surface area contributed by atoms with Crippen molar-refractivity contribution in [3.05, 3.63) is 76.2 Å². The number of thiophene rings is 1. The van der Waals surface area contributed by atoms with Crippen LogP contribution in [-0.2, 0) is 6.18 Å². The van der Waals surface area contributed by atoms with Gasteiger partial charge in [0.25, 0.3) is 5.91 Å². The standard InChI is InChI=1S/C20H14F3NO3S/c1-11-3-2-4-13(9-11)17(25)24-18-16(19(26)27)15(10-28-18)12-5-7-14(8-6-12)20(21,22)23/h2-10H,1H3,(H,24,25)(H,26,27). The second-order valence-corrected chi connectivity index (χ2v) is 6.94. The Hall–Kier alpha value is -3.13. The van der Waals surface area contributed by atoms with Crippen LogP contribution in [0, 0.1) is 6.92 Å². The molecule has 4 nitrogen and oxygen atoms in total.